The van der Waals surface area contributed by atoms with Crippen molar-refractivity contribution in [2.75, 3.05) is 6.54 Å². The summed E-state index contributed by atoms with van der Waals surface area (Å²) in [7, 11) is 1.88. The summed E-state index contributed by atoms with van der Waals surface area (Å²) in [5.74, 6) is 0.0215. The molecule has 114 valence electrons. The Morgan fingerprint density at radius 2 is 2.05 bits per heavy atom. The molecule has 1 saturated carbocycles. The molecule has 2 fully saturated rings. The highest BCUT2D eigenvalue weighted by Crippen LogP contribution is 2.33. The van der Waals surface area contributed by atoms with Crippen molar-refractivity contribution in [2.45, 2.75) is 51.1 Å². The number of carbonyl (C=O) groups is 2. The lowest BCUT2D eigenvalue weighted by Crippen LogP contribution is -2.65. The minimum Gasteiger partial charge on any atom is -0.340 e. The molecule has 6 heteroatoms. The van der Waals surface area contributed by atoms with E-state index in [0.717, 1.165) is 43.5 Å². The van der Waals surface area contributed by atoms with Crippen molar-refractivity contribution in [3.05, 3.63) is 17.5 Å². The third-order valence-corrected chi connectivity index (χ3v) is 4.61. The monoisotopic (exact) mass is 290 g/mol. The Bertz CT molecular complexity index is 572. The van der Waals surface area contributed by atoms with Crippen molar-refractivity contribution in [1.29, 1.82) is 0 Å². The quantitative estimate of drug-likeness (QED) is 0.893. The van der Waals surface area contributed by atoms with Crippen LogP contribution in [-0.4, -0.2) is 38.6 Å². The van der Waals surface area contributed by atoms with Gasteiger partial charge in [-0.15, -0.1) is 0 Å². The summed E-state index contributed by atoms with van der Waals surface area (Å²) < 4.78 is 1.81. The second-order valence-electron chi connectivity index (χ2n) is 6.10. The van der Waals surface area contributed by atoms with Gasteiger partial charge in [0.2, 0.25) is 11.8 Å². The zero-order valence-corrected chi connectivity index (χ0v) is 12.7. The third-order valence-electron chi connectivity index (χ3n) is 4.61. The van der Waals surface area contributed by atoms with Gasteiger partial charge in [0.05, 0.1) is 17.9 Å². The smallest absolute Gasteiger partial charge is 0.249 e. The average Bonchev–Trinajstić information content (AvgIpc) is 3.04. The Labute approximate surface area is 124 Å². The number of nitrogens with zero attached hydrogens (tertiary/aromatic N) is 3. The maximum Gasteiger partial charge on any atom is 0.249 e. The topological polar surface area (TPSA) is 67.2 Å². The lowest BCUT2D eigenvalue weighted by molar-refractivity contribution is -0.150. The number of amides is 2. The summed E-state index contributed by atoms with van der Waals surface area (Å²) in [5, 5.41) is 7.34. The van der Waals surface area contributed by atoms with E-state index in [1.54, 1.807) is 9.58 Å². The van der Waals surface area contributed by atoms with Gasteiger partial charge in [-0.05, 0) is 25.3 Å². The number of carbonyl (C=O) groups excluding carboxylic acids is 2. The first kappa shape index (κ1) is 14.1. The van der Waals surface area contributed by atoms with Crippen LogP contribution in [0.5, 0.6) is 0 Å². The maximum absolute atomic E-state index is 12.8. The van der Waals surface area contributed by atoms with Crippen LogP contribution in [-0.2, 0) is 29.6 Å². The summed E-state index contributed by atoms with van der Waals surface area (Å²) in [6.45, 7) is 2.66. The molecular formula is C15H22N4O2. The van der Waals surface area contributed by atoms with Gasteiger partial charge >= 0.3 is 0 Å². The number of aryl methyl sites for hydroxylation is 2. The molecule has 6 nitrogen and oxygen atoms in total. The van der Waals surface area contributed by atoms with E-state index >= 15 is 0 Å². The van der Waals surface area contributed by atoms with Gasteiger partial charge in [0.15, 0.2) is 0 Å². The summed E-state index contributed by atoms with van der Waals surface area (Å²) >= 11 is 0. The number of piperazine rings is 1. The Kier molecular flexibility index (Phi) is 3.47. The van der Waals surface area contributed by atoms with E-state index in [1.807, 2.05) is 13.1 Å². The molecule has 0 bridgehead atoms. The Hall–Kier alpha value is -1.85. The van der Waals surface area contributed by atoms with Crippen LogP contribution >= 0.6 is 0 Å². The lowest BCUT2D eigenvalue weighted by Gasteiger charge is -2.39. The van der Waals surface area contributed by atoms with Crippen LogP contribution in [0.2, 0.25) is 0 Å². The van der Waals surface area contributed by atoms with Gasteiger partial charge < -0.3 is 10.2 Å². The predicted molar refractivity (Wildman–Crippen MR) is 77.3 cm³/mol. The first-order chi connectivity index (χ1) is 10.0. The summed E-state index contributed by atoms with van der Waals surface area (Å²) in [6.07, 6.45) is 4.41. The van der Waals surface area contributed by atoms with Crippen LogP contribution in [0.4, 0.5) is 0 Å². The molecule has 0 radical (unpaired) electrons. The van der Waals surface area contributed by atoms with E-state index < -0.39 is 5.54 Å². The predicted octanol–water partition coefficient (Wildman–Crippen LogP) is 0.754. The zero-order chi connectivity index (χ0) is 15.0. The minimum absolute atomic E-state index is 0.0469. The number of hydrogen-bond donors (Lipinski definition) is 1. The molecule has 0 aromatic carbocycles. The lowest BCUT2D eigenvalue weighted by atomic mass is 9.93. The number of hydrogen-bond acceptors (Lipinski definition) is 3. The Morgan fingerprint density at radius 1 is 1.33 bits per heavy atom. The highest BCUT2D eigenvalue weighted by Gasteiger charge is 2.48. The summed E-state index contributed by atoms with van der Waals surface area (Å²) in [5.41, 5.74) is 1.35. The van der Waals surface area contributed by atoms with E-state index in [1.165, 1.54) is 0 Å². The first-order valence-electron chi connectivity index (χ1n) is 7.66. The van der Waals surface area contributed by atoms with Gasteiger partial charge in [0.25, 0.3) is 0 Å². The molecule has 1 aliphatic heterocycles. The van der Waals surface area contributed by atoms with Gasteiger partial charge in [-0.25, -0.2) is 0 Å². The van der Waals surface area contributed by atoms with E-state index in [9.17, 15) is 9.59 Å². The normalized spacial score (nSPS) is 21.1. The van der Waals surface area contributed by atoms with Gasteiger partial charge in [0, 0.05) is 7.05 Å². The molecule has 0 atom stereocenters. The molecule has 21 heavy (non-hydrogen) atoms. The Morgan fingerprint density at radius 3 is 2.67 bits per heavy atom. The second-order valence-corrected chi connectivity index (χ2v) is 6.10. The van der Waals surface area contributed by atoms with Crippen LogP contribution in [0.3, 0.4) is 0 Å². The van der Waals surface area contributed by atoms with Crippen molar-refractivity contribution in [1.82, 2.24) is 20.0 Å². The van der Waals surface area contributed by atoms with Crippen LogP contribution in [0, 0.1) is 0 Å². The van der Waals surface area contributed by atoms with Gasteiger partial charge in [-0.1, -0.05) is 19.8 Å². The number of nitrogens with one attached hydrogen (secondary N) is 1. The van der Waals surface area contributed by atoms with Crippen molar-refractivity contribution in [2.24, 2.45) is 7.05 Å². The molecule has 0 unspecified atom stereocenters. The Balaban J connectivity index is 1.82. The molecule has 2 aliphatic rings. The second kappa shape index (κ2) is 5.16. The summed E-state index contributed by atoms with van der Waals surface area (Å²) in [6, 6.07) is 2.01. The van der Waals surface area contributed by atoms with Crippen LogP contribution in [0.1, 0.15) is 44.0 Å². The molecule has 2 amide bonds. The van der Waals surface area contributed by atoms with E-state index in [-0.39, 0.29) is 18.4 Å². The molecule has 1 saturated heterocycles. The fourth-order valence-electron chi connectivity index (χ4n) is 3.44. The molecule has 3 rings (SSSR count). The molecule has 1 spiro atoms. The molecule has 2 heterocycles. The fraction of sp³-hybridized carbons (Fsp3) is 0.667. The highest BCUT2D eigenvalue weighted by atomic mass is 16.2. The standard InChI is InChI=1S/C15H22N4O2/c1-3-11-8-12(18(2)17-11)9-19-10-13(20)16-15(14(19)21)6-4-5-7-15/h8H,3-7,9-10H2,1-2H3,(H,16,20). The highest BCUT2D eigenvalue weighted by molar-refractivity contribution is 5.98. The van der Waals surface area contributed by atoms with Gasteiger partial charge in [-0.3, -0.25) is 14.3 Å². The van der Waals surface area contributed by atoms with Crippen molar-refractivity contribution < 1.29 is 9.59 Å². The van der Waals surface area contributed by atoms with Gasteiger partial charge in [0.1, 0.15) is 12.1 Å². The number of aromatic nitrogens is 2. The van der Waals surface area contributed by atoms with Crippen molar-refractivity contribution in [3.63, 3.8) is 0 Å². The molecular weight excluding hydrogens is 268 g/mol. The average molecular weight is 290 g/mol. The SMILES string of the molecule is CCc1cc(CN2CC(=O)NC3(CCCC3)C2=O)n(C)n1. The van der Waals surface area contributed by atoms with E-state index in [2.05, 4.69) is 17.3 Å². The van der Waals surface area contributed by atoms with Crippen molar-refractivity contribution >= 4 is 11.8 Å². The van der Waals surface area contributed by atoms with E-state index in [4.69, 9.17) is 0 Å². The molecule has 1 N–H and O–H groups in total. The fourth-order valence-corrected chi connectivity index (χ4v) is 3.44. The third kappa shape index (κ3) is 2.43. The van der Waals surface area contributed by atoms with Crippen LogP contribution < -0.4 is 5.32 Å². The van der Waals surface area contributed by atoms with Crippen molar-refractivity contribution in [3.8, 4) is 0 Å². The molecule has 1 aliphatic carbocycles. The number of rotatable bonds is 3. The van der Waals surface area contributed by atoms with Gasteiger partial charge in [-0.2, -0.15) is 5.10 Å². The van der Waals surface area contributed by atoms with Crippen LogP contribution in [0.15, 0.2) is 6.07 Å². The molecule has 1 aromatic rings. The minimum atomic E-state index is -0.637. The zero-order valence-electron chi connectivity index (χ0n) is 12.7. The first-order valence-corrected chi connectivity index (χ1v) is 7.66. The summed E-state index contributed by atoms with van der Waals surface area (Å²) in [4.78, 5) is 26.4. The van der Waals surface area contributed by atoms with E-state index in [0.29, 0.717) is 6.54 Å². The maximum atomic E-state index is 12.8. The largest absolute Gasteiger partial charge is 0.340 e. The van der Waals surface area contributed by atoms with Crippen LogP contribution in [0.25, 0.3) is 0 Å². The molecule has 1 aromatic heterocycles.